The summed E-state index contributed by atoms with van der Waals surface area (Å²) in [6.07, 6.45) is -0.551. The molecule has 1 fully saturated rings. The van der Waals surface area contributed by atoms with Crippen LogP contribution >= 0.6 is 0 Å². The zero-order valence-electron chi connectivity index (χ0n) is 13.8. The molecule has 2 rings (SSSR count). The Labute approximate surface area is 137 Å². The highest BCUT2D eigenvalue weighted by atomic mass is 16.5. The fourth-order valence-electron chi connectivity index (χ4n) is 3.03. The minimum Gasteiger partial charge on any atom is -0.490 e. The number of aliphatic hydroxyl groups excluding tert-OH is 2. The third-order valence-electron chi connectivity index (χ3n) is 4.35. The number of piperazine rings is 1. The molecule has 4 N–H and O–H groups in total. The number of quaternary nitrogens is 2. The summed E-state index contributed by atoms with van der Waals surface area (Å²) in [5.41, 5.74) is 0.549. The molecule has 0 amide bonds. The lowest BCUT2D eigenvalue weighted by atomic mass is 10.1. The Morgan fingerprint density at radius 2 is 1.87 bits per heavy atom. The van der Waals surface area contributed by atoms with Crippen LogP contribution in [0.4, 0.5) is 0 Å². The zero-order chi connectivity index (χ0) is 16.7. The highest BCUT2D eigenvalue weighted by Crippen LogP contribution is 2.18. The van der Waals surface area contributed by atoms with Gasteiger partial charge in [0.05, 0.1) is 12.2 Å². The second-order valence-corrected chi connectivity index (χ2v) is 6.19. The van der Waals surface area contributed by atoms with Crippen LogP contribution in [-0.2, 0) is 0 Å². The van der Waals surface area contributed by atoms with Crippen molar-refractivity contribution >= 4 is 5.78 Å². The van der Waals surface area contributed by atoms with E-state index in [1.807, 2.05) is 6.07 Å². The summed E-state index contributed by atoms with van der Waals surface area (Å²) in [6, 6.07) is 7.12. The first-order valence-electron chi connectivity index (χ1n) is 8.29. The molecule has 0 aromatic heterocycles. The van der Waals surface area contributed by atoms with Gasteiger partial charge in [0.25, 0.3) is 0 Å². The number of nitrogens with one attached hydrogen (secondary N) is 2. The minimum atomic E-state index is -0.551. The zero-order valence-corrected chi connectivity index (χ0v) is 13.8. The van der Waals surface area contributed by atoms with Gasteiger partial charge in [0.1, 0.15) is 57.7 Å². The molecule has 0 unspecified atom stereocenters. The van der Waals surface area contributed by atoms with Crippen LogP contribution in [0, 0.1) is 0 Å². The van der Waals surface area contributed by atoms with Crippen molar-refractivity contribution in [2.75, 3.05) is 52.5 Å². The van der Waals surface area contributed by atoms with Crippen LogP contribution in [0.15, 0.2) is 24.3 Å². The van der Waals surface area contributed by atoms with Gasteiger partial charge in [-0.1, -0.05) is 12.1 Å². The summed E-state index contributed by atoms with van der Waals surface area (Å²) in [4.78, 5) is 14.3. The molecule has 23 heavy (non-hydrogen) atoms. The smallest absolute Gasteiger partial charge is 0.163 e. The lowest BCUT2D eigenvalue weighted by Crippen LogP contribution is -3.28. The maximum atomic E-state index is 11.5. The molecular formula is C17H28N2O4+2. The quantitative estimate of drug-likeness (QED) is 0.396. The lowest BCUT2D eigenvalue weighted by molar-refractivity contribution is -1.01. The van der Waals surface area contributed by atoms with Crippen LogP contribution in [-0.4, -0.2) is 74.6 Å². The average Bonchev–Trinajstić information content (AvgIpc) is 2.55. The van der Waals surface area contributed by atoms with E-state index in [4.69, 9.17) is 9.84 Å². The fourth-order valence-corrected chi connectivity index (χ4v) is 3.03. The predicted octanol–water partition coefficient (Wildman–Crippen LogP) is -2.60. The second kappa shape index (κ2) is 8.98. The molecular weight excluding hydrogens is 296 g/mol. The number of hydrogen-bond donors (Lipinski definition) is 4. The van der Waals surface area contributed by atoms with Gasteiger partial charge in [0.15, 0.2) is 5.78 Å². The predicted molar refractivity (Wildman–Crippen MR) is 86.2 cm³/mol. The summed E-state index contributed by atoms with van der Waals surface area (Å²) < 4.78 is 5.64. The van der Waals surface area contributed by atoms with E-state index in [0.717, 1.165) is 32.7 Å². The maximum Gasteiger partial charge on any atom is 0.163 e. The van der Waals surface area contributed by atoms with E-state index >= 15 is 0 Å². The number of carbonyl (C=O) groups is 1. The number of ether oxygens (including phenoxy) is 1. The Morgan fingerprint density at radius 1 is 1.22 bits per heavy atom. The number of carbonyl (C=O) groups excluding carboxylic acids is 1. The maximum absolute atomic E-state index is 11.5. The van der Waals surface area contributed by atoms with Crippen LogP contribution < -0.4 is 14.5 Å². The largest absolute Gasteiger partial charge is 0.490 e. The highest BCUT2D eigenvalue weighted by molar-refractivity contribution is 5.96. The van der Waals surface area contributed by atoms with E-state index in [1.165, 1.54) is 16.7 Å². The molecule has 1 aliphatic rings. The van der Waals surface area contributed by atoms with Gasteiger partial charge in [-0.2, -0.15) is 0 Å². The van der Waals surface area contributed by atoms with E-state index in [9.17, 15) is 9.90 Å². The van der Waals surface area contributed by atoms with Crippen molar-refractivity contribution in [3.05, 3.63) is 29.8 Å². The molecule has 0 bridgehead atoms. The van der Waals surface area contributed by atoms with E-state index in [2.05, 4.69) is 0 Å². The van der Waals surface area contributed by atoms with Crippen LogP contribution in [0.1, 0.15) is 17.3 Å². The third kappa shape index (κ3) is 5.58. The fraction of sp³-hybridized carbons (Fsp3) is 0.588. The van der Waals surface area contributed by atoms with Crippen LogP contribution in [0.25, 0.3) is 0 Å². The van der Waals surface area contributed by atoms with Gasteiger partial charge in [0, 0.05) is 0 Å². The number of benzene rings is 1. The van der Waals surface area contributed by atoms with Gasteiger partial charge in [-0.3, -0.25) is 4.79 Å². The molecule has 0 aliphatic carbocycles. The molecule has 1 heterocycles. The van der Waals surface area contributed by atoms with Gasteiger partial charge in [-0.25, -0.2) is 0 Å². The third-order valence-corrected chi connectivity index (χ3v) is 4.35. The molecule has 1 aromatic carbocycles. The topological polar surface area (TPSA) is 75.6 Å². The molecule has 6 nitrogen and oxygen atoms in total. The number of hydrogen-bond acceptors (Lipinski definition) is 4. The standard InChI is InChI=1S/C17H26N2O4/c1-14(21)16-4-2-3-5-17(16)23-13-15(22)12-19-8-6-18(7-9-19)10-11-20/h2-5,15,20,22H,6-13H2,1H3/p+2/t15-/m1/s1. The summed E-state index contributed by atoms with van der Waals surface area (Å²) in [7, 11) is 0. The Bertz CT molecular complexity index is 501. The van der Waals surface area contributed by atoms with Crippen molar-refractivity contribution < 1.29 is 29.5 Å². The Kier molecular flexibility index (Phi) is 6.98. The number of para-hydroxylation sites is 1. The monoisotopic (exact) mass is 324 g/mol. The molecule has 0 saturated carbocycles. The SMILES string of the molecule is CC(=O)c1ccccc1OC[C@H](O)C[NH+]1CC[NH+](CCO)CC1. The molecule has 6 heteroatoms. The molecule has 1 saturated heterocycles. The first kappa shape index (κ1) is 17.9. The van der Waals surface area contributed by atoms with Crippen molar-refractivity contribution in [3.63, 3.8) is 0 Å². The molecule has 1 atom stereocenters. The number of aliphatic hydroxyl groups is 2. The number of Topliss-reactive ketones (excluding diaryl/α,β-unsaturated/α-hetero) is 1. The summed E-state index contributed by atoms with van der Waals surface area (Å²) in [6.45, 7) is 7.43. The molecule has 128 valence electrons. The van der Waals surface area contributed by atoms with E-state index in [1.54, 1.807) is 18.2 Å². The van der Waals surface area contributed by atoms with Crippen LogP contribution in [0.2, 0.25) is 0 Å². The summed E-state index contributed by atoms with van der Waals surface area (Å²) in [5, 5.41) is 19.1. The van der Waals surface area contributed by atoms with Crippen molar-refractivity contribution in [1.29, 1.82) is 0 Å². The Balaban J connectivity index is 1.76. The minimum absolute atomic E-state index is 0.0382. The van der Waals surface area contributed by atoms with Crippen molar-refractivity contribution in [2.24, 2.45) is 0 Å². The molecule has 1 aliphatic heterocycles. The second-order valence-electron chi connectivity index (χ2n) is 6.19. The van der Waals surface area contributed by atoms with Crippen LogP contribution in [0.3, 0.4) is 0 Å². The molecule has 0 spiro atoms. The highest BCUT2D eigenvalue weighted by Gasteiger charge is 2.24. The van der Waals surface area contributed by atoms with Crippen molar-refractivity contribution in [2.45, 2.75) is 13.0 Å². The van der Waals surface area contributed by atoms with E-state index < -0.39 is 6.10 Å². The van der Waals surface area contributed by atoms with Gasteiger partial charge in [0.2, 0.25) is 0 Å². The van der Waals surface area contributed by atoms with Gasteiger partial charge in [-0.15, -0.1) is 0 Å². The number of ketones is 1. The van der Waals surface area contributed by atoms with E-state index in [0.29, 0.717) is 17.9 Å². The van der Waals surface area contributed by atoms with Gasteiger partial charge >= 0.3 is 0 Å². The first-order chi connectivity index (χ1) is 11.1. The summed E-state index contributed by atoms with van der Waals surface area (Å²) >= 11 is 0. The Hall–Kier alpha value is -1.47. The van der Waals surface area contributed by atoms with Gasteiger partial charge in [-0.05, 0) is 19.1 Å². The van der Waals surface area contributed by atoms with Crippen molar-refractivity contribution in [3.8, 4) is 5.75 Å². The van der Waals surface area contributed by atoms with Crippen LogP contribution in [0.5, 0.6) is 5.75 Å². The number of rotatable bonds is 8. The lowest BCUT2D eigenvalue weighted by Gasteiger charge is -2.30. The van der Waals surface area contributed by atoms with E-state index in [-0.39, 0.29) is 19.0 Å². The molecule has 0 radical (unpaired) electrons. The average molecular weight is 324 g/mol. The van der Waals surface area contributed by atoms with Gasteiger partial charge < -0.3 is 24.7 Å². The summed E-state index contributed by atoms with van der Waals surface area (Å²) in [5.74, 6) is 0.495. The first-order valence-corrected chi connectivity index (χ1v) is 8.29. The Morgan fingerprint density at radius 3 is 2.52 bits per heavy atom. The van der Waals surface area contributed by atoms with Crippen molar-refractivity contribution in [1.82, 2.24) is 0 Å². The molecule has 1 aromatic rings. The normalized spacial score (nSPS) is 22.6.